The zero-order valence-electron chi connectivity index (χ0n) is 33.3. The largest absolute Gasteiger partial charge is 0.339 e. The average molecular weight is 817 g/mol. The van der Waals surface area contributed by atoms with Crippen LogP contribution < -0.4 is 0 Å². The van der Waals surface area contributed by atoms with Crippen LogP contribution in [0.1, 0.15) is 36.1 Å². The Bertz CT molecular complexity index is 2230. The zero-order chi connectivity index (χ0) is 42.4. The minimum atomic E-state index is -0.503. The molecule has 0 spiro atoms. The molecule has 0 N–H and O–H groups in total. The molecule has 0 radical (unpaired) electrons. The number of amides is 4. The number of aryl methyl sites for hydroxylation is 2. The molecule has 0 aliphatic carbocycles. The number of nitro benzene ring substituents is 2. The van der Waals surface area contributed by atoms with Gasteiger partial charge in [0.1, 0.15) is 0 Å². The number of carbonyl (C=O) groups excluding carboxylic acids is 4. The number of hydrogen-bond acceptors (Lipinski definition) is 9. The van der Waals surface area contributed by atoms with Crippen molar-refractivity contribution >= 4 is 58.9 Å². The molecule has 2 saturated heterocycles. The highest BCUT2D eigenvalue weighted by molar-refractivity contribution is 7.99. The fourth-order valence-electron chi connectivity index (χ4n) is 7.39. The molecule has 0 unspecified atom stereocenters. The molecule has 304 valence electrons. The lowest BCUT2D eigenvalue weighted by Gasteiger charge is -2.33. The molecule has 0 atom stereocenters. The van der Waals surface area contributed by atoms with Crippen molar-refractivity contribution in [1.82, 2.24) is 19.6 Å². The Labute approximate surface area is 346 Å². The fraction of sp³-hybridized carbons (Fsp3) is 0.273. The molecule has 14 nitrogen and oxygen atoms in total. The number of nitro groups is 2. The van der Waals surface area contributed by atoms with E-state index in [2.05, 4.69) is 0 Å². The monoisotopic (exact) mass is 816 g/mol. The molecule has 2 aliphatic rings. The molecule has 6 rings (SSSR count). The lowest BCUT2D eigenvalue weighted by Crippen LogP contribution is -2.49. The van der Waals surface area contributed by atoms with E-state index in [4.69, 9.17) is 0 Å². The van der Waals surface area contributed by atoms with Gasteiger partial charge in [-0.25, -0.2) is 0 Å². The summed E-state index contributed by atoms with van der Waals surface area (Å²) in [6, 6.07) is 20.8. The van der Waals surface area contributed by atoms with E-state index in [9.17, 15) is 39.4 Å². The molecule has 0 saturated carbocycles. The topological polar surface area (TPSA) is 168 Å². The second kappa shape index (κ2) is 18.3. The highest BCUT2D eigenvalue weighted by Crippen LogP contribution is 2.49. The summed E-state index contributed by atoms with van der Waals surface area (Å²) in [4.78, 5) is 82.3. The van der Waals surface area contributed by atoms with Crippen LogP contribution >= 0.6 is 11.8 Å². The van der Waals surface area contributed by atoms with Gasteiger partial charge in [0.05, 0.1) is 30.8 Å². The van der Waals surface area contributed by atoms with Crippen LogP contribution in [0.3, 0.4) is 0 Å². The Hall–Kier alpha value is -6.61. The Morgan fingerprint density at radius 2 is 0.881 bits per heavy atom. The second-order valence-electron chi connectivity index (χ2n) is 14.3. The van der Waals surface area contributed by atoms with Crippen LogP contribution in [0.15, 0.2) is 94.7 Å². The molecule has 4 aromatic rings. The number of benzene rings is 4. The van der Waals surface area contributed by atoms with Crippen LogP contribution in [0.25, 0.3) is 34.4 Å². The summed E-state index contributed by atoms with van der Waals surface area (Å²) in [5, 5.41) is 26.3. The summed E-state index contributed by atoms with van der Waals surface area (Å²) in [6.07, 6.45) is 5.85. The summed E-state index contributed by atoms with van der Waals surface area (Å²) in [5.41, 5.74) is 3.40. The van der Waals surface area contributed by atoms with E-state index in [0.717, 1.165) is 22.9 Å². The van der Waals surface area contributed by atoms with Crippen LogP contribution in [-0.2, 0) is 19.2 Å². The third kappa shape index (κ3) is 9.41. The molecule has 2 aliphatic heterocycles. The molecular formula is C44H44N6O8S. The lowest BCUT2D eigenvalue weighted by atomic mass is 9.94. The molecule has 2 heterocycles. The molecule has 59 heavy (non-hydrogen) atoms. The first-order chi connectivity index (χ1) is 28.2. The Morgan fingerprint density at radius 3 is 1.20 bits per heavy atom. The van der Waals surface area contributed by atoms with E-state index < -0.39 is 9.85 Å². The average Bonchev–Trinajstić information content (AvgIpc) is 3.22. The molecule has 4 aromatic carbocycles. The third-order valence-corrected chi connectivity index (χ3v) is 11.7. The molecule has 2 fully saturated rings. The summed E-state index contributed by atoms with van der Waals surface area (Å²) in [6.45, 7) is 9.71. The number of carbonyl (C=O) groups is 4. The van der Waals surface area contributed by atoms with Crippen molar-refractivity contribution in [3.8, 4) is 22.3 Å². The van der Waals surface area contributed by atoms with Gasteiger partial charge in [-0.2, -0.15) is 0 Å². The van der Waals surface area contributed by atoms with Gasteiger partial charge in [-0.15, -0.1) is 0 Å². The maximum Gasteiger partial charge on any atom is 0.291 e. The van der Waals surface area contributed by atoms with E-state index >= 15 is 0 Å². The van der Waals surface area contributed by atoms with Crippen LogP contribution in [0.2, 0.25) is 0 Å². The van der Waals surface area contributed by atoms with Gasteiger partial charge >= 0.3 is 0 Å². The van der Waals surface area contributed by atoms with Crippen molar-refractivity contribution in [2.45, 2.75) is 37.5 Å². The normalized spacial score (nSPS) is 14.6. The third-order valence-electron chi connectivity index (χ3n) is 10.6. The Morgan fingerprint density at radius 1 is 0.542 bits per heavy atom. The summed E-state index contributed by atoms with van der Waals surface area (Å²) in [5.74, 6) is -0.711. The van der Waals surface area contributed by atoms with Gasteiger partial charge in [-0.05, 0) is 71.5 Å². The lowest BCUT2D eigenvalue weighted by molar-refractivity contribution is -0.387. The number of rotatable bonds is 10. The smallest absolute Gasteiger partial charge is 0.291 e. The van der Waals surface area contributed by atoms with Gasteiger partial charge in [0.15, 0.2) is 0 Å². The molecule has 15 heteroatoms. The van der Waals surface area contributed by atoms with E-state index in [-0.39, 0.29) is 55.9 Å². The van der Waals surface area contributed by atoms with Crippen molar-refractivity contribution in [2.75, 3.05) is 52.4 Å². The van der Waals surface area contributed by atoms with E-state index in [1.54, 1.807) is 68.1 Å². The van der Waals surface area contributed by atoms with Crippen LogP contribution in [-0.4, -0.2) is 105 Å². The predicted octanol–water partition coefficient (Wildman–Crippen LogP) is 7.01. The highest BCUT2D eigenvalue weighted by atomic mass is 32.2. The highest BCUT2D eigenvalue weighted by Gasteiger charge is 2.31. The van der Waals surface area contributed by atoms with Gasteiger partial charge < -0.3 is 19.6 Å². The minimum absolute atomic E-state index is 0.0602. The van der Waals surface area contributed by atoms with E-state index in [1.165, 1.54) is 38.1 Å². The molecule has 0 bridgehead atoms. The first-order valence-electron chi connectivity index (χ1n) is 19.1. The standard InChI is InChI=1S/C44H44N6O8S/c1-29-9-5-7-11-35(29)41-33(15-19-39(53)47-25-21-45(22-26-47)31(3)51)13-17-37(43(41)49(55)56)59-38-18-14-34(16-20-40(54)48-27-23-46(24-28-48)32(4)52)42(44(38)50(57)58)36-12-8-6-10-30(36)2/h5-20H,21-28H2,1-4H3. The van der Waals surface area contributed by atoms with Gasteiger partial charge in [0.2, 0.25) is 23.6 Å². The van der Waals surface area contributed by atoms with Crippen LogP contribution in [0.4, 0.5) is 11.4 Å². The first kappa shape index (κ1) is 42.0. The quantitative estimate of drug-likeness (QED) is 0.0929. The van der Waals surface area contributed by atoms with Gasteiger partial charge in [-0.1, -0.05) is 72.4 Å². The van der Waals surface area contributed by atoms with Crippen LogP contribution in [0, 0.1) is 34.1 Å². The predicted molar refractivity (Wildman–Crippen MR) is 226 cm³/mol. The zero-order valence-corrected chi connectivity index (χ0v) is 34.1. The summed E-state index contributed by atoms with van der Waals surface area (Å²) < 4.78 is 0. The number of hydrogen-bond donors (Lipinski definition) is 0. The maximum atomic E-state index is 13.3. The van der Waals surface area contributed by atoms with Gasteiger partial charge in [-0.3, -0.25) is 39.4 Å². The van der Waals surface area contributed by atoms with Crippen LogP contribution in [0.5, 0.6) is 0 Å². The minimum Gasteiger partial charge on any atom is -0.339 e. The van der Waals surface area contributed by atoms with E-state index in [0.29, 0.717) is 74.6 Å². The Kier molecular flexibility index (Phi) is 13.0. The first-order valence-corrected chi connectivity index (χ1v) is 19.9. The van der Waals surface area contributed by atoms with Crippen molar-refractivity contribution in [3.05, 3.63) is 127 Å². The van der Waals surface area contributed by atoms with Crippen molar-refractivity contribution in [2.24, 2.45) is 0 Å². The SMILES string of the molecule is CC(=O)N1CCN(C(=O)C=Cc2ccc(Sc3ccc(C=CC(=O)N4CCN(C(C)=O)CC4)c(-c4ccccc4C)c3[N+](=O)[O-])c([N+](=O)[O-])c2-c2ccccc2C)CC1. The molecule has 4 amide bonds. The Balaban J connectivity index is 1.42. The van der Waals surface area contributed by atoms with Crippen molar-refractivity contribution in [3.63, 3.8) is 0 Å². The summed E-state index contributed by atoms with van der Waals surface area (Å²) >= 11 is 0.897. The van der Waals surface area contributed by atoms with Gasteiger partial charge in [0, 0.05) is 78.4 Å². The van der Waals surface area contributed by atoms with Crippen molar-refractivity contribution in [1.29, 1.82) is 0 Å². The molecule has 0 aromatic heterocycles. The summed E-state index contributed by atoms with van der Waals surface area (Å²) in [7, 11) is 0. The maximum absolute atomic E-state index is 13.3. The fourth-order valence-corrected chi connectivity index (χ4v) is 8.44. The second-order valence-corrected chi connectivity index (χ2v) is 15.4. The molecular weight excluding hydrogens is 773 g/mol. The van der Waals surface area contributed by atoms with Gasteiger partial charge in [0.25, 0.3) is 11.4 Å². The van der Waals surface area contributed by atoms with E-state index in [1.807, 2.05) is 38.1 Å². The van der Waals surface area contributed by atoms with Crippen molar-refractivity contribution < 1.29 is 29.0 Å². The number of piperazine rings is 2. The number of nitrogens with zero attached hydrogens (tertiary/aromatic N) is 6.